The van der Waals surface area contributed by atoms with E-state index in [1.807, 2.05) is 30.3 Å². The van der Waals surface area contributed by atoms with Crippen molar-refractivity contribution in [2.24, 2.45) is 0 Å². The lowest BCUT2D eigenvalue weighted by molar-refractivity contribution is 0.0601. The first kappa shape index (κ1) is 14.6. The Hall–Kier alpha value is -2.82. The van der Waals surface area contributed by atoms with Crippen LogP contribution in [0.25, 0.3) is 11.1 Å². The van der Waals surface area contributed by atoms with Crippen LogP contribution in [0.15, 0.2) is 48.5 Å². The van der Waals surface area contributed by atoms with Crippen molar-refractivity contribution in [3.8, 4) is 11.1 Å². The molecular weight excluding hydrogens is 270 g/mol. The molecule has 0 radical (unpaired) electrons. The molecule has 2 rings (SSSR count). The van der Waals surface area contributed by atoms with Gasteiger partial charge < -0.3 is 15.2 Å². The fraction of sp³-hybridized carbons (Fsp3) is 0.125. The number of benzene rings is 2. The van der Waals surface area contributed by atoms with Crippen LogP contribution in [0.1, 0.15) is 15.9 Å². The molecule has 0 fully saturated rings. The Kier molecular flexibility index (Phi) is 4.56. The number of amides is 1. The Labute approximate surface area is 122 Å². The zero-order chi connectivity index (χ0) is 15.2. The standard InChI is InChI=1S/C16H15NO4/c1-21-15(18)14-9-11(10-17-16(19)20)7-8-13(14)12-5-3-2-4-6-12/h2-9,17H,10H2,1H3,(H,19,20). The number of carbonyl (C=O) groups is 2. The van der Waals surface area contributed by atoms with Gasteiger partial charge in [-0.2, -0.15) is 0 Å². The van der Waals surface area contributed by atoms with Gasteiger partial charge in [0.2, 0.25) is 0 Å². The predicted octanol–water partition coefficient (Wildman–Crippen LogP) is 2.91. The van der Waals surface area contributed by atoms with Gasteiger partial charge in [-0.1, -0.05) is 42.5 Å². The third-order valence-electron chi connectivity index (χ3n) is 3.02. The van der Waals surface area contributed by atoms with Crippen molar-refractivity contribution in [3.05, 3.63) is 59.7 Å². The quantitative estimate of drug-likeness (QED) is 0.847. The van der Waals surface area contributed by atoms with Crippen LogP contribution in [0.2, 0.25) is 0 Å². The van der Waals surface area contributed by atoms with E-state index in [0.717, 1.165) is 11.1 Å². The largest absolute Gasteiger partial charge is 0.465 e. The van der Waals surface area contributed by atoms with Crippen molar-refractivity contribution in [2.45, 2.75) is 6.54 Å². The predicted molar refractivity (Wildman–Crippen MR) is 78.1 cm³/mol. The molecule has 1 amide bonds. The minimum atomic E-state index is -1.11. The number of hydrogen-bond acceptors (Lipinski definition) is 3. The van der Waals surface area contributed by atoms with Crippen LogP contribution in [0, 0.1) is 0 Å². The summed E-state index contributed by atoms with van der Waals surface area (Å²) in [6.07, 6.45) is -1.11. The molecule has 2 N–H and O–H groups in total. The Balaban J connectivity index is 2.41. The number of carbonyl (C=O) groups excluding carboxylic acids is 1. The van der Waals surface area contributed by atoms with E-state index in [4.69, 9.17) is 9.84 Å². The summed E-state index contributed by atoms with van der Waals surface area (Å²) in [5, 5.41) is 10.9. The average molecular weight is 285 g/mol. The molecule has 0 saturated heterocycles. The number of esters is 1. The molecule has 0 heterocycles. The summed E-state index contributed by atoms with van der Waals surface area (Å²) >= 11 is 0. The van der Waals surface area contributed by atoms with Gasteiger partial charge in [-0.3, -0.25) is 0 Å². The Morgan fingerprint density at radius 2 is 1.86 bits per heavy atom. The number of methoxy groups -OCH3 is 1. The van der Waals surface area contributed by atoms with Gasteiger partial charge in [0.1, 0.15) is 0 Å². The lowest BCUT2D eigenvalue weighted by Crippen LogP contribution is -2.20. The number of carboxylic acid groups (broad SMARTS) is 1. The van der Waals surface area contributed by atoms with E-state index in [1.165, 1.54) is 7.11 Å². The van der Waals surface area contributed by atoms with Crippen LogP contribution >= 0.6 is 0 Å². The summed E-state index contributed by atoms with van der Waals surface area (Å²) in [4.78, 5) is 22.5. The van der Waals surface area contributed by atoms with Gasteiger partial charge >= 0.3 is 12.1 Å². The maximum absolute atomic E-state index is 11.9. The number of rotatable bonds is 4. The SMILES string of the molecule is COC(=O)c1cc(CNC(=O)O)ccc1-c1ccccc1. The molecule has 0 aromatic heterocycles. The number of hydrogen-bond donors (Lipinski definition) is 2. The summed E-state index contributed by atoms with van der Waals surface area (Å²) < 4.78 is 4.80. The maximum atomic E-state index is 11.9. The number of nitrogens with one attached hydrogen (secondary N) is 1. The average Bonchev–Trinajstić information content (AvgIpc) is 2.52. The lowest BCUT2D eigenvalue weighted by atomic mass is 9.97. The van der Waals surface area contributed by atoms with Crippen LogP contribution in [-0.2, 0) is 11.3 Å². The van der Waals surface area contributed by atoms with E-state index in [9.17, 15) is 9.59 Å². The fourth-order valence-corrected chi connectivity index (χ4v) is 2.03. The van der Waals surface area contributed by atoms with Gasteiger partial charge in [0.15, 0.2) is 0 Å². The lowest BCUT2D eigenvalue weighted by Gasteiger charge is -2.11. The highest BCUT2D eigenvalue weighted by Gasteiger charge is 2.14. The van der Waals surface area contributed by atoms with E-state index < -0.39 is 12.1 Å². The summed E-state index contributed by atoms with van der Waals surface area (Å²) in [7, 11) is 1.32. The normalized spacial score (nSPS) is 9.95. The molecule has 5 heteroatoms. The Bertz CT molecular complexity index is 653. The summed E-state index contributed by atoms with van der Waals surface area (Å²) in [6.45, 7) is 0.133. The van der Waals surface area contributed by atoms with Crippen molar-refractivity contribution in [2.75, 3.05) is 7.11 Å². The molecule has 0 aliphatic carbocycles. The third-order valence-corrected chi connectivity index (χ3v) is 3.02. The molecule has 0 spiro atoms. The first-order chi connectivity index (χ1) is 10.1. The van der Waals surface area contributed by atoms with Gasteiger partial charge in [-0.05, 0) is 22.8 Å². The second-order valence-electron chi connectivity index (χ2n) is 4.40. The Morgan fingerprint density at radius 3 is 2.48 bits per heavy atom. The molecule has 2 aromatic rings. The Morgan fingerprint density at radius 1 is 1.14 bits per heavy atom. The molecular formula is C16H15NO4. The van der Waals surface area contributed by atoms with Crippen molar-refractivity contribution >= 4 is 12.1 Å². The van der Waals surface area contributed by atoms with Gasteiger partial charge in [-0.15, -0.1) is 0 Å². The smallest absolute Gasteiger partial charge is 0.404 e. The fourth-order valence-electron chi connectivity index (χ4n) is 2.03. The second-order valence-corrected chi connectivity index (χ2v) is 4.40. The van der Waals surface area contributed by atoms with Gasteiger partial charge in [0.05, 0.1) is 12.7 Å². The zero-order valence-electron chi connectivity index (χ0n) is 11.5. The van der Waals surface area contributed by atoms with Crippen molar-refractivity contribution in [1.29, 1.82) is 0 Å². The van der Waals surface area contributed by atoms with E-state index in [2.05, 4.69) is 5.32 Å². The van der Waals surface area contributed by atoms with Crippen LogP contribution in [-0.4, -0.2) is 24.3 Å². The highest BCUT2D eigenvalue weighted by Crippen LogP contribution is 2.25. The molecule has 0 saturated carbocycles. The summed E-state index contributed by atoms with van der Waals surface area (Å²) in [6, 6.07) is 14.7. The molecule has 0 unspecified atom stereocenters. The molecule has 0 bridgehead atoms. The van der Waals surface area contributed by atoms with E-state index in [0.29, 0.717) is 11.1 Å². The second kappa shape index (κ2) is 6.56. The van der Waals surface area contributed by atoms with Crippen LogP contribution in [0.5, 0.6) is 0 Å². The summed E-state index contributed by atoms with van der Waals surface area (Å²) in [5.41, 5.74) is 2.75. The van der Waals surface area contributed by atoms with Crippen molar-refractivity contribution in [3.63, 3.8) is 0 Å². The molecule has 21 heavy (non-hydrogen) atoms. The van der Waals surface area contributed by atoms with E-state index >= 15 is 0 Å². The molecule has 0 atom stereocenters. The minimum Gasteiger partial charge on any atom is -0.465 e. The first-order valence-corrected chi connectivity index (χ1v) is 6.35. The molecule has 2 aromatic carbocycles. The monoisotopic (exact) mass is 285 g/mol. The zero-order valence-corrected chi connectivity index (χ0v) is 11.5. The van der Waals surface area contributed by atoms with Gasteiger partial charge in [0, 0.05) is 6.54 Å². The molecule has 108 valence electrons. The molecule has 5 nitrogen and oxygen atoms in total. The molecule has 0 aliphatic rings. The topological polar surface area (TPSA) is 75.6 Å². The van der Waals surface area contributed by atoms with E-state index in [1.54, 1.807) is 18.2 Å². The van der Waals surface area contributed by atoms with Gasteiger partial charge in [0.25, 0.3) is 0 Å². The van der Waals surface area contributed by atoms with Crippen molar-refractivity contribution < 1.29 is 19.4 Å². The maximum Gasteiger partial charge on any atom is 0.404 e. The van der Waals surface area contributed by atoms with E-state index in [-0.39, 0.29) is 6.54 Å². The first-order valence-electron chi connectivity index (χ1n) is 6.35. The third kappa shape index (κ3) is 3.60. The molecule has 0 aliphatic heterocycles. The van der Waals surface area contributed by atoms with Crippen LogP contribution in [0.4, 0.5) is 4.79 Å². The van der Waals surface area contributed by atoms with Crippen LogP contribution in [0.3, 0.4) is 0 Å². The number of ether oxygens (including phenoxy) is 1. The summed E-state index contributed by atoms with van der Waals surface area (Å²) in [5.74, 6) is -0.453. The highest BCUT2D eigenvalue weighted by atomic mass is 16.5. The highest BCUT2D eigenvalue weighted by molar-refractivity contribution is 5.97. The van der Waals surface area contributed by atoms with Gasteiger partial charge in [-0.25, -0.2) is 9.59 Å². The van der Waals surface area contributed by atoms with Crippen molar-refractivity contribution in [1.82, 2.24) is 5.32 Å². The van der Waals surface area contributed by atoms with Crippen LogP contribution < -0.4 is 5.32 Å². The minimum absolute atomic E-state index is 0.133.